The fourth-order valence-corrected chi connectivity index (χ4v) is 10.0. The van der Waals surface area contributed by atoms with E-state index in [0.29, 0.717) is 17.5 Å². The Morgan fingerprint density at radius 3 is 1.56 bits per heavy atom. The number of hydrogen-bond donors (Lipinski definition) is 0. The van der Waals surface area contributed by atoms with Crippen molar-refractivity contribution in [1.29, 1.82) is 0 Å². The van der Waals surface area contributed by atoms with Crippen molar-refractivity contribution in [2.45, 2.75) is 0 Å². The van der Waals surface area contributed by atoms with Crippen molar-refractivity contribution < 1.29 is 0 Å². The Hall–Kier alpha value is -7.99. The van der Waals surface area contributed by atoms with Crippen LogP contribution in [-0.2, 0) is 0 Å². The molecule has 0 N–H and O–H groups in total. The SMILES string of the molecule is c1ccc(-c2cccc(-c3ccc(-c4ccc5sc6ccc7c(c8ccccc8n7-c7ccccc7)c6c5c4)c(-c4nc(-c5ccccc5)nc(-c5ccccc5)n4)c3)c2)cc1. The summed E-state index contributed by atoms with van der Waals surface area (Å²) in [5.41, 5.74) is 13.1. The van der Waals surface area contributed by atoms with E-state index in [2.05, 4.69) is 187 Å². The molecule has 12 aromatic rings. The molecular formula is C57H36N4S. The number of benzene rings is 9. The molecule has 0 unspecified atom stereocenters. The zero-order valence-electron chi connectivity index (χ0n) is 33.5. The van der Waals surface area contributed by atoms with Crippen molar-refractivity contribution in [3.8, 4) is 73.2 Å². The van der Waals surface area contributed by atoms with Crippen LogP contribution < -0.4 is 0 Å². The lowest BCUT2D eigenvalue weighted by atomic mass is 9.92. The Balaban J connectivity index is 1.11. The number of aromatic nitrogens is 4. The van der Waals surface area contributed by atoms with Crippen molar-refractivity contribution in [2.24, 2.45) is 0 Å². The van der Waals surface area contributed by atoms with Gasteiger partial charge in [-0.2, -0.15) is 0 Å². The van der Waals surface area contributed by atoms with Gasteiger partial charge in [-0.25, -0.2) is 15.0 Å². The number of fused-ring (bicyclic) bond motifs is 7. The molecule has 3 aromatic heterocycles. The molecule has 0 atom stereocenters. The minimum absolute atomic E-state index is 0.623. The largest absolute Gasteiger partial charge is 0.309 e. The molecule has 0 radical (unpaired) electrons. The first kappa shape index (κ1) is 35.9. The van der Waals surface area contributed by atoms with E-state index in [1.807, 2.05) is 47.7 Å². The molecule has 5 heteroatoms. The predicted molar refractivity (Wildman–Crippen MR) is 260 cm³/mol. The monoisotopic (exact) mass is 808 g/mol. The second-order valence-electron chi connectivity index (χ2n) is 15.6. The standard InChI is InChI=1S/C57H36N4S/c1-5-16-37(17-6-1)40-22-15-23-41(34-40)42-28-30-45(47(35-42)57-59-55(38-18-7-2-8-19-38)58-56(60-57)39-20-9-3-10-21-39)43-29-32-51-48(36-43)54-52(62-51)33-31-50-53(54)46-26-13-14-27-49(46)61(50)44-24-11-4-12-25-44/h1-36H. The van der Waals surface area contributed by atoms with Crippen LogP contribution in [0.3, 0.4) is 0 Å². The van der Waals surface area contributed by atoms with Crippen molar-refractivity contribution in [3.05, 3.63) is 218 Å². The molecule has 0 aliphatic carbocycles. The first-order valence-corrected chi connectivity index (χ1v) is 21.7. The maximum Gasteiger partial charge on any atom is 0.164 e. The fourth-order valence-electron chi connectivity index (χ4n) is 8.95. The molecule has 0 aliphatic heterocycles. The van der Waals surface area contributed by atoms with Gasteiger partial charge in [0.15, 0.2) is 17.5 Å². The molecular weight excluding hydrogens is 773 g/mol. The van der Waals surface area contributed by atoms with Gasteiger partial charge < -0.3 is 4.57 Å². The Kier molecular flexibility index (Phi) is 8.65. The zero-order chi connectivity index (χ0) is 41.0. The molecule has 62 heavy (non-hydrogen) atoms. The van der Waals surface area contributed by atoms with E-state index < -0.39 is 0 Å². The van der Waals surface area contributed by atoms with Crippen LogP contribution in [0, 0.1) is 0 Å². The van der Waals surface area contributed by atoms with Gasteiger partial charge in [-0.3, -0.25) is 0 Å². The Bertz CT molecular complexity index is 3560. The summed E-state index contributed by atoms with van der Waals surface area (Å²) in [6, 6.07) is 77.5. The molecule has 0 aliphatic rings. The van der Waals surface area contributed by atoms with Crippen LogP contribution in [0.2, 0.25) is 0 Å². The number of hydrogen-bond acceptors (Lipinski definition) is 4. The van der Waals surface area contributed by atoms with E-state index in [0.717, 1.165) is 44.6 Å². The zero-order valence-corrected chi connectivity index (χ0v) is 34.3. The smallest absolute Gasteiger partial charge is 0.164 e. The van der Waals surface area contributed by atoms with Gasteiger partial charge >= 0.3 is 0 Å². The first-order chi connectivity index (χ1) is 30.7. The molecule has 4 nitrogen and oxygen atoms in total. The molecule has 12 rings (SSSR count). The number of para-hydroxylation sites is 2. The summed E-state index contributed by atoms with van der Waals surface area (Å²) in [4.78, 5) is 15.6. The Labute approximate surface area is 362 Å². The third kappa shape index (κ3) is 6.18. The summed E-state index contributed by atoms with van der Waals surface area (Å²) >= 11 is 1.85. The van der Waals surface area contributed by atoms with E-state index in [-0.39, 0.29) is 0 Å². The van der Waals surface area contributed by atoms with Gasteiger partial charge in [0.25, 0.3) is 0 Å². The topological polar surface area (TPSA) is 43.6 Å². The van der Waals surface area contributed by atoms with Gasteiger partial charge in [-0.1, -0.05) is 164 Å². The summed E-state index contributed by atoms with van der Waals surface area (Å²) in [5, 5.41) is 5.04. The van der Waals surface area contributed by atoms with Gasteiger partial charge in [0.2, 0.25) is 0 Å². The van der Waals surface area contributed by atoms with Crippen molar-refractivity contribution in [2.75, 3.05) is 0 Å². The van der Waals surface area contributed by atoms with E-state index >= 15 is 0 Å². The van der Waals surface area contributed by atoms with E-state index in [4.69, 9.17) is 15.0 Å². The van der Waals surface area contributed by atoms with E-state index in [1.54, 1.807) is 0 Å². The highest BCUT2D eigenvalue weighted by atomic mass is 32.1. The summed E-state index contributed by atoms with van der Waals surface area (Å²) in [6.07, 6.45) is 0. The van der Waals surface area contributed by atoms with Gasteiger partial charge in [0.05, 0.1) is 11.0 Å². The summed E-state index contributed by atoms with van der Waals surface area (Å²) in [5.74, 6) is 1.89. The number of nitrogens with zero attached hydrogens (tertiary/aromatic N) is 4. The van der Waals surface area contributed by atoms with Crippen LogP contribution in [0.25, 0.3) is 115 Å². The van der Waals surface area contributed by atoms with Crippen LogP contribution in [0.5, 0.6) is 0 Å². The molecule has 9 aromatic carbocycles. The van der Waals surface area contributed by atoms with Crippen molar-refractivity contribution in [3.63, 3.8) is 0 Å². The quantitative estimate of drug-likeness (QED) is 0.161. The third-order valence-corrected chi connectivity index (χ3v) is 13.0. The van der Waals surface area contributed by atoms with Gasteiger partial charge in [-0.15, -0.1) is 11.3 Å². The van der Waals surface area contributed by atoms with Crippen LogP contribution in [0.1, 0.15) is 0 Å². The second kappa shape index (κ2) is 14.9. The van der Waals surface area contributed by atoms with Gasteiger partial charge in [0, 0.05) is 53.3 Å². The molecule has 3 heterocycles. The molecule has 0 bridgehead atoms. The average Bonchev–Trinajstić information content (AvgIpc) is 3.90. The van der Waals surface area contributed by atoms with Crippen LogP contribution >= 0.6 is 11.3 Å². The van der Waals surface area contributed by atoms with E-state index in [9.17, 15) is 0 Å². The summed E-state index contributed by atoms with van der Waals surface area (Å²) < 4.78 is 4.92. The van der Waals surface area contributed by atoms with Crippen LogP contribution in [-0.4, -0.2) is 19.5 Å². The highest BCUT2D eigenvalue weighted by Crippen LogP contribution is 2.45. The molecule has 0 fully saturated rings. The normalized spacial score (nSPS) is 11.5. The molecule has 290 valence electrons. The summed E-state index contributed by atoms with van der Waals surface area (Å²) in [6.45, 7) is 0. The fraction of sp³-hybridized carbons (Fsp3) is 0. The highest BCUT2D eigenvalue weighted by molar-refractivity contribution is 7.26. The lowest BCUT2D eigenvalue weighted by Gasteiger charge is -2.15. The van der Waals surface area contributed by atoms with Crippen LogP contribution in [0.4, 0.5) is 0 Å². The molecule has 0 saturated heterocycles. The van der Waals surface area contributed by atoms with E-state index in [1.165, 1.54) is 53.1 Å². The Morgan fingerprint density at radius 2 is 0.855 bits per heavy atom. The van der Waals surface area contributed by atoms with Crippen molar-refractivity contribution >= 4 is 53.3 Å². The predicted octanol–water partition coefficient (Wildman–Crippen LogP) is 15.3. The molecule has 0 spiro atoms. The van der Waals surface area contributed by atoms with Gasteiger partial charge in [0.1, 0.15) is 0 Å². The lowest BCUT2D eigenvalue weighted by Crippen LogP contribution is -2.01. The molecule has 0 saturated carbocycles. The minimum atomic E-state index is 0.623. The highest BCUT2D eigenvalue weighted by Gasteiger charge is 2.21. The number of rotatable bonds is 7. The maximum atomic E-state index is 5.27. The first-order valence-electron chi connectivity index (χ1n) is 20.8. The van der Waals surface area contributed by atoms with Gasteiger partial charge in [-0.05, 0) is 88.0 Å². The Morgan fingerprint density at radius 1 is 0.306 bits per heavy atom. The maximum absolute atomic E-state index is 5.27. The molecule has 0 amide bonds. The average molecular weight is 809 g/mol. The third-order valence-electron chi connectivity index (χ3n) is 11.9. The second-order valence-corrected chi connectivity index (χ2v) is 16.7. The lowest BCUT2D eigenvalue weighted by molar-refractivity contribution is 1.07. The minimum Gasteiger partial charge on any atom is -0.309 e. The summed E-state index contributed by atoms with van der Waals surface area (Å²) in [7, 11) is 0. The van der Waals surface area contributed by atoms with Crippen LogP contribution in [0.15, 0.2) is 218 Å². The van der Waals surface area contributed by atoms with Crippen molar-refractivity contribution in [1.82, 2.24) is 19.5 Å². The number of thiophene rings is 1.